The third-order valence-electron chi connectivity index (χ3n) is 7.47. The molecular weight excluding hydrogens is 428 g/mol. The van der Waals surface area contributed by atoms with E-state index < -0.39 is 21.8 Å². The quantitative estimate of drug-likeness (QED) is 0.430. The fraction of sp³-hybridized carbons (Fsp3) is 0.357. The van der Waals surface area contributed by atoms with Gasteiger partial charge in [0.15, 0.2) is 0 Å². The number of benzene rings is 2. The Labute approximate surface area is 185 Å². The van der Waals surface area contributed by atoms with Crippen LogP contribution in [0.15, 0.2) is 65.3 Å². The van der Waals surface area contributed by atoms with Crippen LogP contribution in [0.25, 0.3) is 16.7 Å². The van der Waals surface area contributed by atoms with Gasteiger partial charge in [-0.3, -0.25) is 0 Å². The van der Waals surface area contributed by atoms with E-state index in [4.69, 9.17) is 0 Å². The average Bonchev–Trinajstić information content (AvgIpc) is 3.07. The van der Waals surface area contributed by atoms with Crippen LogP contribution in [0.2, 0.25) is 9.26 Å². The first kappa shape index (κ1) is 20.8. The first-order chi connectivity index (χ1) is 13.7. The summed E-state index contributed by atoms with van der Waals surface area (Å²) in [6.45, 7) is 14.1. The van der Waals surface area contributed by atoms with Crippen LogP contribution in [-0.2, 0) is 21.8 Å². The van der Waals surface area contributed by atoms with Crippen molar-refractivity contribution in [2.75, 3.05) is 0 Å². The maximum atomic E-state index is 2.56. The van der Waals surface area contributed by atoms with Crippen molar-refractivity contribution >= 4 is 16.7 Å². The van der Waals surface area contributed by atoms with Gasteiger partial charge in [0, 0.05) is 0 Å². The van der Waals surface area contributed by atoms with E-state index in [9.17, 15) is 0 Å². The number of rotatable bonds is 3. The first-order valence-electron chi connectivity index (χ1n) is 10.8. The van der Waals surface area contributed by atoms with E-state index in [0.29, 0.717) is 3.63 Å². The molecule has 0 radical (unpaired) electrons. The molecule has 0 N–H and O–H groups in total. The molecule has 1 unspecified atom stereocenters. The summed E-state index contributed by atoms with van der Waals surface area (Å²) in [4.78, 5) is 0. The molecule has 0 bridgehead atoms. The van der Waals surface area contributed by atoms with Crippen molar-refractivity contribution in [3.63, 3.8) is 0 Å². The summed E-state index contributed by atoms with van der Waals surface area (Å²) < 4.78 is 5.77. The third kappa shape index (κ3) is 3.04. The van der Waals surface area contributed by atoms with Crippen LogP contribution in [0, 0.1) is 5.41 Å². The molecule has 0 aliphatic heterocycles. The predicted octanol–water partition coefficient (Wildman–Crippen LogP) is 8.54. The van der Waals surface area contributed by atoms with Gasteiger partial charge in [0.05, 0.1) is 0 Å². The Balaban J connectivity index is 2.01. The van der Waals surface area contributed by atoms with Crippen LogP contribution in [0.5, 0.6) is 0 Å². The van der Waals surface area contributed by atoms with Gasteiger partial charge in [-0.25, -0.2) is 0 Å². The van der Waals surface area contributed by atoms with Crippen LogP contribution < -0.4 is 0 Å². The Bertz CT molecular complexity index is 1070. The van der Waals surface area contributed by atoms with Gasteiger partial charge in [-0.15, -0.1) is 0 Å². The molecular formula is C28H33Zr. The van der Waals surface area contributed by atoms with Gasteiger partial charge in [-0.1, -0.05) is 0 Å². The number of hydrogen-bond donors (Lipinski definition) is 0. The molecule has 2 aliphatic carbocycles. The van der Waals surface area contributed by atoms with Crippen molar-refractivity contribution in [2.45, 2.75) is 54.4 Å². The molecule has 29 heavy (non-hydrogen) atoms. The van der Waals surface area contributed by atoms with Crippen LogP contribution >= 0.6 is 0 Å². The summed E-state index contributed by atoms with van der Waals surface area (Å²) in [5.74, 6) is 0. The molecule has 2 aromatic carbocycles. The van der Waals surface area contributed by atoms with Gasteiger partial charge < -0.3 is 0 Å². The Kier molecular flexibility index (Phi) is 5.27. The SMILES string of the molecule is CC1=C(C)C(C)(C)C(c2cccc3c2C(C)=C(c2ccccc2)[CH]3[Zr]([CH3])[CH3])=C1C. The van der Waals surface area contributed by atoms with Gasteiger partial charge in [-0.05, 0) is 0 Å². The number of hydrogen-bond acceptors (Lipinski definition) is 0. The second-order valence-corrected chi connectivity index (χ2v) is 16.3. The summed E-state index contributed by atoms with van der Waals surface area (Å²) in [5, 5.41) is 0. The predicted molar refractivity (Wildman–Crippen MR) is 125 cm³/mol. The maximum absolute atomic E-state index is 2.56. The molecule has 0 fully saturated rings. The molecule has 0 heterocycles. The zero-order valence-corrected chi connectivity index (χ0v) is 21.7. The summed E-state index contributed by atoms with van der Waals surface area (Å²) in [6.07, 6.45) is 0. The Morgan fingerprint density at radius 2 is 1.41 bits per heavy atom. The molecule has 0 saturated carbocycles. The Morgan fingerprint density at radius 1 is 0.759 bits per heavy atom. The van der Waals surface area contributed by atoms with Gasteiger partial charge in [0.25, 0.3) is 0 Å². The molecule has 0 spiro atoms. The summed E-state index contributed by atoms with van der Waals surface area (Å²) in [5.41, 5.74) is 15.2. The normalized spacial score (nSPS) is 20.6. The minimum absolute atomic E-state index is 0.0918. The van der Waals surface area contributed by atoms with Crippen molar-refractivity contribution < 1.29 is 21.8 Å². The molecule has 0 amide bonds. The zero-order chi connectivity index (χ0) is 21.1. The number of allylic oxidation sites excluding steroid dienone is 6. The van der Waals surface area contributed by atoms with Crippen molar-refractivity contribution in [3.8, 4) is 0 Å². The fourth-order valence-electron chi connectivity index (χ4n) is 5.68. The van der Waals surface area contributed by atoms with Gasteiger partial charge >= 0.3 is 186 Å². The van der Waals surface area contributed by atoms with Gasteiger partial charge in [0.2, 0.25) is 0 Å². The molecule has 4 rings (SSSR count). The van der Waals surface area contributed by atoms with E-state index in [1.54, 1.807) is 11.1 Å². The van der Waals surface area contributed by atoms with E-state index in [0.717, 1.165) is 0 Å². The molecule has 149 valence electrons. The molecule has 1 heteroatoms. The molecule has 0 saturated heterocycles. The standard InChI is InChI=1S/C26H27.2CH3.Zr/c1-16-17(2)25(26(5,6)19(16)4)22-14-10-13-21-15-23(18(3)24(21)22)20-11-8-7-9-12-20;;;/h7-15H,1-6H3;2*1H3;. The summed E-state index contributed by atoms with van der Waals surface area (Å²) >= 11 is -1.56. The topological polar surface area (TPSA) is 0 Å². The van der Waals surface area contributed by atoms with Gasteiger partial charge in [0.1, 0.15) is 0 Å². The fourth-order valence-corrected chi connectivity index (χ4v) is 10.2. The average molecular weight is 461 g/mol. The van der Waals surface area contributed by atoms with E-state index in [1.165, 1.54) is 44.6 Å². The Morgan fingerprint density at radius 3 is 1.97 bits per heavy atom. The molecule has 2 aromatic rings. The van der Waals surface area contributed by atoms with Crippen molar-refractivity contribution in [2.24, 2.45) is 5.41 Å². The molecule has 0 aromatic heterocycles. The molecule has 2 aliphatic rings. The van der Waals surface area contributed by atoms with Crippen LogP contribution in [-0.4, -0.2) is 0 Å². The van der Waals surface area contributed by atoms with E-state index >= 15 is 0 Å². The molecule has 0 nitrogen and oxygen atoms in total. The van der Waals surface area contributed by atoms with E-state index in [-0.39, 0.29) is 5.41 Å². The monoisotopic (exact) mass is 459 g/mol. The van der Waals surface area contributed by atoms with Gasteiger partial charge in [-0.2, -0.15) is 0 Å². The van der Waals surface area contributed by atoms with E-state index in [2.05, 4.69) is 99.3 Å². The van der Waals surface area contributed by atoms with Crippen LogP contribution in [0.4, 0.5) is 0 Å². The van der Waals surface area contributed by atoms with Crippen molar-refractivity contribution in [1.29, 1.82) is 0 Å². The second-order valence-electron chi connectivity index (χ2n) is 9.56. The van der Waals surface area contributed by atoms with Crippen LogP contribution in [0.3, 0.4) is 0 Å². The third-order valence-corrected chi connectivity index (χ3v) is 11.8. The van der Waals surface area contributed by atoms with E-state index in [1.807, 2.05) is 0 Å². The van der Waals surface area contributed by atoms with Crippen molar-refractivity contribution in [1.82, 2.24) is 0 Å². The molecule has 1 atom stereocenters. The summed E-state index contributed by atoms with van der Waals surface area (Å²) in [6, 6.07) is 18.2. The van der Waals surface area contributed by atoms with Crippen molar-refractivity contribution in [3.05, 3.63) is 87.5 Å². The number of fused-ring (bicyclic) bond motifs is 1. The minimum atomic E-state index is -1.56. The Hall–Kier alpha value is -1.46. The first-order valence-corrected chi connectivity index (χ1v) is 17.1. The zero-order valence-electron chi connectivity index (χ0n) is 19.2. The second kappa shape index (κ2) is 7.35. The van der Waals surface area contributed by atoms with Crippen LogP contribution in [0.1, 0.15) is 67.4 Å². The summed E-state index contributed by atoms with van der Waals surface area (Å²) in [7, 11) is 0.